The van der Waals surface area contributed by atoms with Gasteiger partial charge in [0.2, 0.25) is 5.91 Å². The average Bonchev–Trinajstić information content (AvgIpc) is 2.82. The predicted octanol–water partition coefficient (Wildman–Crippen LogP) is 3.18. The molecule has 0 unspecified atom stereocenters. The van der Waals surface area contributed by atoms with Gasteiger partial charge >= 0.3 is 0 Å². The van der Waals surface area contributed by atoms with E-state index in [9.17, 15) is 14.4 Å². The summed E-state index contributed by atoms with van der Waals surface area (Å²) in [6.07, 6.45) is 2.80. The molecule has 4 rings (SSSR count). The van der Waals surface area contributed by atoms with Gasteiger partial charge in [-0.25, -0.2) is 0 Å². The van der Waals surface area contributed by atoms with Crippen LogP contribution < -0.4 is 15.0 Å². The Morgan fingerprint density at radius 2 is 1.85 bits per heavy atom. The number of hydrogen-bond acceptors (Lipinski definition) is 5. The third-order valence-corrected chi connectivity index (χ3v) is 6.30. The number of benzene rings is 2. The standard InChI is InChI=1S/C26H31N3O4/c1-19(30)21-9-10-24-23(16-21)29(26(32)18-33-24)13-5-8-25(31)27-22-11-14-28(15-12-22)17-20-6-3-2-4-7-20/h2-4,6-7,9-10,16,22H,5,8,11-15,17-18H2,1H3,(H,27,31). The van der Waals surface area contributed by atoms with Crippen molar-refractivity contribution in [1.82, 2.24) is 10.2 Å². The highest BCUT2D eigenvalue weighted by Crippen LogP contribution is 2.33. The van der Waals surface area contributed by atoms with Crippen molar-refractivity contribution in [2.24, 2.45) is 0 Å². The van der Waals surface area contributed by atoms with E-state index in [0.29, 0.717) is 36.4 Å². The summed E-state index contributed by atoms with van der Waals surface area (Å²) in [5.41, 5.74) is 2.45. The first kappa shape index (κ1) is 23.0. The summed E-state index contributed by atoms with van der Waals surface area (Å²) in [6.45, 7) is 4.77. The van der Waals surface area contributed by atoms with Crippen LogP contribution in [0.2, 0.25) is 0 Å². The van der Waals surface area contributed by atoms with E-state index in [1.807, 2.05) is 6.07 Å². The molecule has 2 heterocycles. The van der Waals surface area contributed by atoms with Crippen molar-refractivity contribution >= 4 is 23.3 Å². The van der Waals surface area contributed by atoms with Gasteiger partial charge in [-0.1, -0.05) is 30.3 Å². The van der Waals surface area contributed by atoms with E-state index in [2.05, 4.69) is 34.5 Å². The maximum Gasteiger partial charge on any atom is 0.265 e. The molecule has 0 atom stereocenters. The van der Waals surface area contributed by atoms with Gasteiger partial charge in [0, 0.05) is 44.2 Å². The lowest BCUT2D eigenvalue weighted by molar-refractivity contribution is -0.123. The van der Waals surface area contributed by atoms with Crippen LogP contribution in [0.1, 0.15) is 48.5 Å². The molecule has 7 heteroatoms. The van der Waals surface area contributed by atoms with Crippen LogP contribution in [-0.2, 0) is 16.1 Å². The number of ketones is 1. The highest BCUT2D eigenvalue weighted by molar-refractivity contribution is 6.01. The Bertz CT molecular complexity index is 1000. The van der Waals surface area contributed by atoms with Gasteiger partial charge in [0.15, 0.2) is 12.4 Å². The van der Waals surface area contributed by atoms with Crippen LogP contribution in [-0.4, -0.2) is 54.8 Å². The van der Waals surface area contributed by atoms with Crippen LogP contribution in [0.4, 0.5) is 5.69 Å². The molecule has 174 valence electrons. The second-order valence-electron chi connectivity index (χ2n) is 8.78. The number of Topliss-reactive ketones (excluding diaryl/α,β-unsaturated/α-hetero) is 1. The molecule has 0 aliphatic carbocycles. The minimum absolute atomic E-state index is 0.0231. The Morgan fingerprint density at radius 3 is 2.58 bits per heavy atom. The summed E-state index contributed by atoms with van der Waals surface area (Å²) in [6, 6.07) is 15.8. The molecule has 33 heavy (non-hydrogen) atoms. The first-order valence-electron chi connectivity index (χ1n) is 11.6. The summed E-state index contributed by atoms with van der Waals surface area (Å²) in [4.78, 5) is 40.7. The van der Waals surface area contributed by atoms with Gasteiger partial charge < -0.3 is 15.0 Å². The monoisotopic (exact) mass is 449 g/mol. The Balaban J connectivity index is 1.22. The van der Waals surface area contributed by atoms with E-state index in [1.54, 1.807) is 23.1 Å². The number of fused-ring (bicyclic) bond motifs is 1. The molecule has 0 spiro atoms. The summed E-state index contributed by atoms with van der Waals surface area (Å²) in [5.74, 6) is 0.389. The number of piperidine rings is 1. The fourth-order valence-corrected chi connectivity index (χ4v) is 4.44. The first-order valence-corrected chi connectivity index (χ1v) is 11.6. The minimum atomic E-state index is -0.158. The predicted molar refractivity (Wildman–Crippen MR) is 126 cm³/mol. The lowest BCUT2D eigenvalue weighted by Gasteiger charge is -2.32. The number of carbonyl (C=O) groups excluding carboxylic acids is 3. The molecule has 1 fully saturated rings. The maximum atomic E-state index is 12.5. The van der Waals surface area contributed by atoms with Crippen LogP contribution in [0.15, 0.2) is 48.5 Å². The molecule has 2 aliphatic rings. The zero-order valence-corrected chi connectivity index (χ0v) is 19.1. The van der Waals surface area contributed by atoms with Crippen molar-refractivity contribution < 1.29 is 19.1 Å². The second-order valence-corrected chi connectivity index (χ2v) is 8.78. The van der Waals surface area contributed by atoms with Crippen LogP contribution in [0.25, 0.3) is 0 Å². The van der Waals surface area contributed by atoms with Gasteiger partial charge in [0.1, 0.15) is 5.75 Å². The Labute approximate surface area is 194 Å². The van der Waals surface area contributed by atoms with E-state index in [4.69, 9.17) is 4.74 Å². The zero-order valence-electron chi connectivity index (χ0n) is 19.1. The molecule has 0 bridgehead atoms. The lowest BCUT2D eigenvalue weighted by Crippen LogP contribution is -2.44. The molecule has 1 N–H and O–H groups in total. The third-order valence-electron chi connectivity index (χ3n) is 6.30. The highest BCUT2D eigenvalue weighted by Gasteiger charge is 2.26. The van der Waals surface area contributed by atoms with Crippen molar-refractivity contribution in [3.05, 3.63) is 59.7 Å². The van der Waals surface area contributed by atoms with Crippen LogP contribution in [0.3, 0.4) is 0 Å². The quantitative estimate of drug-likeness (QED) is 0.627. The fraction of sp³-hybridized carbons (Fsp3) is 0.423. The number of nitrogens with zero attached hydrogens (tertiary/aromatic N) is 2. The van der Waals surface area contributed by atoms with Gasteiger partial charge in [0.25, 0.3) is 5.91 Å². The second kappa shape index (κ2) is 10.6. The molecule has 0 aromatic heterocycles. The van der Waals surface area contributed by atoms with E-state index in [-0.39, 0.29) is 30.2 Å². The topological polar surface area (TPSA) is 79.0 Å². The molecule has 2 aromatic carbocycles. The zero-order chi connectivity index (χ0) is 23.2. The summed E-state index contributed by atoms with van der Waals surface area (Å²) >= 11 is 0. The molecule has 2 aromatic rings. The number of rotatable bonds is 8. The molecule has 0 radical (unpaired) electrons. The van der Waals surface area contributed by atoms with Gasteiger partial charge in [-0.3, -0.25) is 19.3 Å². The van der Waals surface area contributed by atoms with Crippen LogP contribution >= 0.6 is 0 Å². The average molecular weight is 450 g/mol. The molecule has 2 amide bonds. The molecule has 1 saturated heterocycles. The van der Waals surface area contributed by atoms with Gasteiger partial charge in [-0.15, -0.1) is 0 Å². The third kappa shape index (κ3) is 5.99. The molecule has 2 aliphatic heterocycles. The minimum Gasteiger partial charge on any atom is -0.482 e. The number of amides is 2. The Kier molecular flexibility index (Phi) is 7.40. The lowest BCUT2D eigenvalue weighted by atomic mass is 10.0. The first-order chi connectivity index (χ1) is 16.0. The van der Waals surface area contributed by atoms with Gasteiger partial charge in [-0.2, -0.15) is 0 Å². The van der Waals surface area contributed by atoms with Crippen molar-refractivity contribution in [2.75, 3.05) is 31.1 Å². The number of hydrogen-bond donors (Lipinski definition) is 1. The van der Waals surface area contributed by atoms with Crippen LogP contribution in [0, 0.1) is 0 Å². The number of carbonyl (C=O) groups is 3. The van der Waals surface area contributed by atoms with Crippen molar-refractivity contribution in [2.45, 2.75) is 45.2 Å². The van der Waals surface area contributed by atoms with Crippen molar-refractivity contribution in [3.63, 3.8) is 0 Å². The number of likely N-dealkylation sites (tertiary alicyclic amines) is 1. The SMILES string of the molecule is CC(=O)c1ccc2c(c1)N(CCCC(=O)NC1CCN(Cc3ccccc3)CC1)C(=O)CO2. The number of nitrogens with one attached hydrogen (secondary N) is 1. The van der Waals surface area contributed by atoms with Crippen LogP contribution in [0.5, 0.6) is 5.75 Å². The van der Waals surface area contributed by atoms with E-state index in [1.165, 1.54) is 12.5 Å². The fourth-order valence-electron chi connectivity index (χ4n) is 4.44. The van der Waals surface area contributed by atoms with E-state index >= 15 is 0 Å². The normalized spacial score (nSPS) is 16.8. The molecule has 0 saturated carbocycles. The van der Waals surface area contributed by atoms with Crippen molar-refractivity contribution in [1.29, 1.82) is 0 Å². The molecular formula is C26H31N3O4. The van der Waals surface area contributed by atoms with Crippen molar-refractivity contribution in [3.8, 4) is 5.75 Å². The van der Waals surface area contributed by atoms with Gasteiger partial charge in [-0.05, 0) is 49.9 Å². The maximum absolute atomic E-state index is 12.5. The highest BCUT2D eigenvalue weighted by atomic mass is 16.5. The van der Waals surface area contributed by atoms with E-state index < -0.39 is 0 Å². The Hall–Kier alpha value is -3.19. The largest absolute Gasteiger partial charge is 0.482 e. The summed E-state index contributed by atoms with van der Waals surface area (Å²) < 4.78 is 5.49. The molecule has 7 nitrogen and oxygen atoms in total. The summed E-state index contributed by atoms with van der Waals surface area (Å²) in [5, 5.41) is 3.16. The summed E-state index contributed by atoms with van der Waals surface area (Å²) in [7, 11) is 0. The number of anilines is 1. The van der Waals surface area contributed by atoms with Gasteiger partial charge in [0.05, 0.1) is 5.69 Å². The number of ether oxygens (including phenoxy) is 1. The van der Waals surface area contributed by atoms with E-state index in [0.717, 1.165) is 32.5 Å². The smallest absolute Gasteiger partial charge is 0.265 e. The molecular weight excluding hydrogens is 418 g/mol. The Morgan fingerprint density at radius 1 is 1.09 bits per heavy atom.